The van der Waals surface area contributed by atoms with Crippen LogP contribution in [0.3, 0.4) is 0 Å². The number of nitrogen functional groups attached to an aromatic ring is 1. The molecule has 1 aromatic heterocycles. The van der Waals surface area contributed by atoms with E-state index in [2.05, 4.69) is 15.3 Å². The molecule has 100 valence electrons. The molecule has 1 fully saturated rings. The number of anilines is 2. The summed E-state index contributed by atoms with van der Waals surface area (Å²) in [6, 6.07) is 3.80. The maximum Gasteiger partial charge on any atom is 0.235 e. The Kier molecular flexibility index (Phi) is 2.16. The fraction of sp³-hybridized carbons (Fsp3) is 0.267. The van der Waals surface area contributed by atoms with Crippen LogP contribution in [0, 0.1) is 0 Å². The molecule has 5 nitrogen and oxygen atoms in total. The third-order valence-corrected chi connectivity index (χ3v) is 4.43. The predicted molar refractivity (Wildman–Crippen MR) is 76.0 cm³/mol. The summed E-state index contributed by atoms with van der Waals surface area (Å²) in [5.41, 5.74) is 10.0. The summed E-state index contributed by atoms with van der Waals surface area (Å²) in [6.07, 6.45) is 7.85. The first kappa shape index (κ1) is 11.4. The zero-order valence-electron chi connectivity index (χ0n) is 10.9. The van der Waals surface area contributed by atoms with Crippen LogP contribution >= 0.6 is 0 Å². The number of carbonyl (C=O) groups is 1. The first-order valence-electron chi connectivity index (χ1n) is 6.71. The van der Waals surface area contributed by atoms with Crippen molar-refractivity contribution in [2.24, 2.45) is 0 Å². The molecule has 1 amide bonds. The molecule has 5 heteroatoms. The van der Waals surface area contributed by atoms with Crippen molar-refractivity contribution in [2.75, 3.05) is 11.1 Å². The van der Waals surface area contributed by atoms with Gasteiger partial charge in [0.1, 0.15) is 6.33 Å². The Balaban J connectivity index is 1.96. The molecule has 0 unspecified atom stereocenters. The number of amides is 1. The Bertz CT molecular complexity index is 707. The normalized spacial score (nSPS) is 18.5. The molecule has 20 heavy (non-hydrogen) atoms. The van der Waals surface area contributed by atoms with Gasteiger partial charge in [-0.3, -0.25) is 4.79 Å². The minimum absolute atomic E-state index is 0.0995. The van der Waals surface area contributed by atoms with E-state index in [0.29, 0.717) is 5.69 Å². The largest absolute Gasteiger partial charge is 0.399 e. The molecular weight excluding hydrogens is 252 g/mol. The van der Waals surface area contributed by atoms with Gasteiger partial charge in [0.25, 0.3) is 0 Å². The van der Waals surface area contributed by atoms with Crippen LogP contribution < -0.4 is 11.1 Å². The zero-order valence-corrected chi connectivity index (χ0v) is 10.9. The average molecular weight is 266 g/mol. The summed E-state index contributed by atoms with van der Waals surface area (Å²) in [6.45, 7) is 0. The Hall–Kier alpha value is -2.43. The maximum absolute atomic E-state index is 12.3. The van der Waals surface area contributed by atoms with Gasteiger partial charge in [0, 0.05) is 29.2 Å². The van der Waals surface area contributed by atoms with Crippen LogP contribution in [0.25, 0.3) is 11.1 Å². The second-order valence-electron chi connectivity index (χ2n) is 5.51. The highest BCUT2D eigenvalue weighted by molar-refractivity contribution is 6.10. The Morgan fingerprint density at radius 3 is 2.60 bits per heavy atom. The molecule has 1 aliphatic heterocycles. The van der Waals surface area contributed by atoms with Gasteiger partial charge < -0.3 is 11.1 Å². The second-order valence-corrected chi connectivity index (χ2v) is 5.51. The van der Waals surface area contributed by atoms with E-state index in [-0.39, 0.29) is 11.3 Å². The van der Waals surface area contributed by atoms with E-state index in [1.165, 1.54) is 6.33 Å². The number of hydrogen-bond acceptors (Lipinski definition) is 4. The third kappa shape index (κ3) is 1.35. The van der Waals surface area contributed by atoms with Crippen LogP contribution in [0.2, 0.25) is 0 Å². The predicted octanol–water partition coefficient (Wildman–Crippen LogP) is 2.10. The smallest absolute Gasteiger partial charge is 0.235 e. The van der Waals surface area contributed by atoms with Crippen molar-refractivity contribution in [3.8, 4) is 11.1 Å². The molecule has 4 rings (SSSR count). The molecule has 2 heterocycles. The summed E-state index contributed by atoms with van der Waals surface area (Å²) in [4.78, 5) is 20.4. The van der Waals surface area contributed by atoms with E-state index >= 15 is 0 Å². The molecule has 3 N–H and O–H groups in total. The number of hydrogen-bond donors (Lipinski definition) is 2. The average Bonchev–Trinajstić information content (AvgIpc) is 2.70. The van der Waals surface area contributed by atoms with Gasteiger partial charge in [-0.05, 0) is 30.5 Å². The van der Waals surface area contributed by atoms with Crippen LogP contribution in [0.5, 0.6) is 0 Å². The minimum atomic E-state index is -0.352. The number of aromatic nitrogens is 2. The topological polar surface area (TPSA) is 80.9 Å². The van der Waals surface area contributed by atoms with Crippen molar-refractivity contribution in [2.45, 2.75) is 24.7 Å². The molecule has 0 bridgehead atoms. The van der Waals surface area contributed by atoms with Gasteiger partial charge in [-0.1, -0.05) is 6.42 Å². The molecular formula is C15H14N4O. The summed E-state index contributed by atoms with van der Waals surface area (Å²) in [5, 5.41) is 3.03. The third-order valence-electron chi connectivity index (χ3n) is 4.43. The highest BCUT2D eigenvalue weighted by atomic mass is 16.2. The number of carbonyl (C=O) groups excluding carboxylic acids is 1. The van der Waals surface area contributed by atoms with Gasteiger partial charge in [-0.25, -0.2) is 9.97 Å². The van der Waals surface area contributed by atoms with Crippen molar-refractivity contribution in [1.82, 2.24) is 9.97 Å². The number of rotatable bonds is 1. The minimum Gasteiger partial charge on any atom is -0.399 e. The molecule has 1 saturated carbocycles. The number of nitrogens with two attached hydrogens (primary N) is 1. The van der Waals surface area contributed by atoms with E-state index in [4.69, 9.17) is 5.73 Å². The van der Waals surface area contributed by atoms with Crippen molar-refractivity contribution >= 4 is 17.3 Å². The van der Waals surface area contributed by atoms with Gasteiger partial charge >= 0.3 is 0 Å². The summed E-state index contributed by atoms with van der Waals surface area (Å²) in [7, 11) is 0. The SMILES string of the molecule is Nc1cc(-c2cncnc2)c2c(c1)C1(CCC1)C(=O)N2. The molecule has 0 saturated heterocycles. The second kappa shape index (κ2) is 3.79. The summed E-state index contributed by atoms with van der Waals surface area (Å²) >= 11 is 0. The van der Waals surface area contributed by atoms with Crippen LogP contribution in [-0.2, 0) is 10.2 Å². The van der Waals surface area contributed by atoms with Gasteiger partial charge in [0.15, 0.2) is 0 Å². The molecule has 0 radical (unpaired) electrons. The molecule has 1 aliphatic carbocycles. The van der Waals surface area contributed by atoms with Crippen LogP contribution in [0.4, 0.5) is 11.4 Å². The van der Waals surface area contributed by atoms with Gasteiger partial charge in [-0.2, -0.15) is 0 Å². The quantitative estimate of drug-likeness (QED) is 0.774. The molecule has 2 aliphatic rings. The van der Waals surface area contributed by atoms with Crippen LogP contribution in [-0.4, -0.2) is 15.9 Å². The molecule has 0 atom stereocenters. The lowest BCUT2D eigenvalue weighted by Crippen LogP contribution is -2.40. The van der Waals surface area contributed by atoms with Crippen molar-refractivity contribution in [3.63, 3.8) is 0 Å². The van der Waals surface area contributed by atoms with E-state index in [0.717, 1.165) is 41.6 Å². The Morgan fingerprint density at radius 1 is 1.20 bits per heavy atom. The lowest BCUT2D eigenvalue weighted by molar-refractivity contribution is -0.123. The first-order chi connectivity index (χ1) is 9.71. The van der Waals surface area contributed by atoms with E-state index in [9.17, 15) is 4.79 Å². The van der Waals surface area contributed by atoms with E-state index < -0.39 is 0 Å². The van der Waals surface area contributed by atoms with Crippen molar-refractivity contribution in [1.29, 1.82) is 0 Å². The van der Waals surface area contributed by atoms with Gasteiger partial charge in [0.05, 0.1) is 11.1 Å². The van der Waals surface area contributed by atoms with E-state index in [1.807, 2.05) is 12.1 Å². The highest BCUT2D eigenvalue weighted by Crippen LogP contribution is 2.53. The van der Waals surface area contributed by atoms with Crippen LogP contribution in [0.15, 0.2) is 30.9 Å². The van der Waals surface area contributed by atoms with Crippen LogP contribution in [0.1, 0.15) is 24.8 Å². The highest BCUT2D eigenvalue weighted by Gasteiger charge is 2.51. The van der Waals surface area contributed by atoms with E-state index in [1.54, 1.807) is 12.4 Å². The van der Waals surface area contributed by atoms with Crippen molar-refractivity contribution in [3.05, 3.63) is 36.4 Å². The molecule has 1 spiro atoms. The first-order valence-corrected chi connectivity index (χ1v) is 6.71. The fourth-order valence-electron chi connectivity index (χ4n) is 3.22. The summed E-state index contributed by atoms with van der Waals surface area (Å²) in [5.74, 6) is 0.0995. The summed E-state index contributed by atoms with van der Waals surface area (Å²) < 4.78 is 0. The lowest BCUT2D eigenvalue weighted by atomic mass is 9.65. The lowest BCUT2D eigenvalue weighted by Gasteiger charge is -2.36. The zero-order chi connectivity index (χ0) is 13.7. The number of benzene rings is 1. The number of nitrogens with one attached hydrogen (secondary N) is 1. The Morgan fingerprint density at radius 2 is 1.95 bits per heavy atom. The number of fused-ring (bicyclic) bond motifs is 2. The molecule has 2 aromatic rings. The monoisotopic (exact) mass is 266 g/mol. The Labute approximate surface area is 116 Å². The molecule has 1 aromatic carbocycles. The van der Waals surface area contributed by atoms with Crippen molar-refractivity contribution < 1.29 is 4.79 Å². The maximum atomic E-state index is 12.3. The number of nitrogens with zero attached hydrogens (tertiary/aromatic N) is 2. The standard InChI is InChI=1S/C15H14N4O/c16-10-4-11(9-6-17-8-18-7-9)13-12(5-10)15(2-1-3-15)14(20)19-13/h4-8H,1-3,16H2,(H,19,20). The van der Waals surface area contributed by atoms with Gasteiger partial charge in [0.2, 0.25) is 5.91 Å². The van der Waals surface area contributed by atoms with Gasteiger partial charge in [-0.15, -0.1) is 0 Å². The fourth-order valence-corrected chi connectivity index (χ4v) is 3.22.